The van der Waals surface area contributed by atoms with Crippen LogP contribution in [-0.4, -0.2) is 21.1 Å². The molecule has 3 aromatic carbocycles. The number of hydrogen-bond donors (Lipinski definition) is 2. The van der Waals surface area contributed by atoms with Crippen molar-refractivity contribution >= 4 is 33.2 Å². The van der Waals surface area contributed by atoms with Gasteiger partial charge in [0.05, 0.1) is 16.6 Å². The van der Waals surface area contributed by atoms with Crippen LogP contribution in [0.3, 0.4) is 0 Å². The van der Waals surface area contributed by atoms with Crippen LogP contribution in [-0.2, 0) is 10.0 Å². The van der Waals surface area contributed by atoms with Gasteiger partial charge in [0.2, 0.25) is 6.79 Å². The summed E-state index contributed by atoms with van der Waals surface area (Å²) in [4.78, 5) is 12.7. The Morgan fingerprint density at radius 2 is 1.77 bits per heavy atom. The van der Waals surface area contributed by atoms with Crippen LogP contribution in [0.4, 0.5) is 5.69 Å². The van der Waals surface area contributed by atoms with Crippen molar-refractivity contribution in [3.8, 4) is 11.5 Å². The van der Waals surface area contributed by atoms with Gasteiger partial charge in [0, 0.05) is 16.7 Å². The zero-order valence-electron chi connectivity index (χ0n) is 16.5. The fourth-order valence-electron chi connectivity index (χ4n) is 3.12. The summed E-state index contributed by atoms with van der Waals surface area (Å²) in [6.45, 7) is 1.92. The van der Waals surface area contributed by atoms with Crippen LogP contribution >= 0.6 is 11.6 Å². The van der Waals surface area contributed by atoms with Gasteiger partial charge in [-0.2, -0.15) is 0 Å². The highest BCUT2D eigenvalue weighted by Crippen LogP contribution is 2.34. The fraction of sp³-hybridized carbons (Fsp3) is 0.136. The van der Waals surface area contributed by atoms with Gasteiger partial charge in [-0.3, -0.25) is 9.52 Å². The van der Waals surface area contributed by atoms with E-state index in [2.05, 4.69) is 10.0 Å². The highest BCUT2D eigenvalue weighted by Gasteiger charge is 2.20. The number of ether oxygens (including phenoxy) is 2. The van der Waals surface area contributed by atoms with Gasteiger partial charge in [0.1, 0.15) is 0 Å². The van der Waals surface area contributed by atoms with Gasteiger partial charge in [-0.05, 0) is 55.0 Å². The molecule has 0 unspecified atom stereocenters. The molecule has 2 N–H and O–H groups in total. The number of rotatable bonds is 6. The average Bonchev–Trinajstić information content (AvgIpc) is 3.21. The highest BCUT2D eigenvalue weighted by atomic mass is 35.5. The zero-order chi connectivity index (χ0) is 22.0. The molecule has 0 bridgehead atoms. The quantitative estimate of drug-likeness (QED) is 0.572. The van der Waals surface area contributed by atoms with E-state index < -0.39 is 15.9 Å². The van der Waals surface area contributed by atoms with E-state index in [0.29, 0.717) is 22.2 Å². The minimum atomic E-state index is -3.92. The molecular formula is C22H19ClN2O5S. The number of nitrogens with one attached hydrogen (secondary N) is 2. The second-order valence-electron chi connectivity index (χ2n) is 6.95. The molecular weight excluding hydrogens is 440 g/mol. The predicted octanol–water partition coefficient (Wildman–Crippen LogP) is 4.36. The summed E-state index contributed by atoms with van der Waals surface area (Å²) in [7, 11) is -3.92. The fourth-order valence-corrected chi connectivity index (χ4v) is 4.41. The van der Waals surface area contributed by atoms with E-state index in [1.54, 1.807) is 42.5 Å². The molecule has 0 saturated carbocycles. The molecule has 0 aromatic heterocycles. The second kappa shape index (κ2) is 8.49. The maximum atomic E-state index is 12.8. The van der Waals surface area contributed by atoms with Crippen LogP contribution in [0.1, 0.15) is 28.9 Å². The van der Waals surface area contributed by atoms with E-state index in [9.17, 15) is 13.2 Å². The first-order chi connectivity index (χ1) is 14.8. The molecule has 1 heterocycles. The van der Waals surface area contributed by atoms with E-state index in [0.717, 1.165) is 5.56 Å². The maximum absolute atomic E-state index is 12.8. The molecule has 0 fully saturated rings. The second-order valence-corrected chi connectivity index (χ2v) is 9.07. The van der Waals surface area contributed by atoms with E-state index in [1.165, 1.54) is 18.2 Å². The molecule has 160 valence electrons. The van der Waals surface area contributed by atoms with Gasteiger partial charge in [-0.1, -0.05) is 29.8 Å². The number of fused-ring (bicyclic) bond motifs is 1. The van der Waals surface area contributed by atoms with Gasteiger partial charge >= 0.3 is 0 Å². The first kappa shape index (κ1) is 21.0. The Labute approximate surface area is 185 Å². The van der Waals surface area contributed by atoms with Crippen molar-refractivity contribution < 1.29 is 22.7 Å². The minimum absolute atomic E-state index is 0.0341. The number of carbonyl (C=O) groups excluding carboxylic acids is 1. The standard InChI is InChI=1S/C22H19ClN2O5S/c1-14(15-4-2-6-17(23)10-15)24-22(26)16-5-3-7-19(11-16)31(27,28)25-18-8-9-20-21(12-18)30-13-29-20/h2-12,14,25H,13H2,1H3,(H,24,26)/t14-/m1/s1. The zero-order valence-corrected chi connectivity index (χ0v) is 18.0. The number of hydrogen-bond acceptors (Lipinski definition) is 5. The molecule has 7 nitrogen and oxygen atoms in total. The summed E-state index contributed by atoms with van der Waals surface area (Å²) in [6, 6.07) is 17.4. The number of halogens is 1. The van der Waals surface area contributed by atoms with Crippen LogP contribution in [0.5, 0.6) is 11.5 Å². The summed E-state index contributed by atoms with van der Waals surface area (Å²) in [5.74, 6) is 0.617. The lowest BCUT2D eigenvalue weighted by Gasteiger charge is -2.15. The van der Waals surface area contributed by atoms with Crippen molar-refractivity contribution in [2.45, 2.75) is 17.9 Å². The summed E-state index contributed by atoms with van der Waals surface area (Å²) in [5.41, 5.74) is 1.39. The van der Waals surface area contributed by atoms with Crippen molar-refractivity contribution in [2.24, 2.45) is 0 Å². The Kier molecular flexibility index (Phi) is 5.75. The number of benzene rings is 3. The van der Waals surface area contributed by atoms with E-state index in [4.69, 9.17) is 21.1 Å². The van der Waals surface area contributed by atoms with Crippen LogP contribution < -0.4 is 19.5 Å². The third-order valence-corrected chi connectivity index (χ3v) is 6.34. The Morgan fingerprint density at radius 3 is 2.58 bits per heavy atom. The molecule has 1 amide bonds. The summed E-state index contributed by atoms with van der Waals surface area (Å²) < 4.78 is 38.7. The molecule has 31 heavy (non-hydrogen) atoms. The molecule has 0 radical (unpaired) electrons. The minimum Gasteiger partial charge on any atom is -0.454 e. The lowest BCUT2D eigenvalue weighted by Crippen LogP contribution is -2.27. The smallest absolute Gasteiger partial charge is 0.261 e. The maximum Gasteiger partial charge on any atom is 0.261 e. The Bertz CT molecular complexity index is 1250. The molecule has 4 rings (SSSR count). The number of amides is 1. The van der Waals surface area contributed by atoms with Gasteiger partial charge < -0.3 is 14.8 Å². The van der Waals surface area contributed by atoms with E-state index >= 15 is 0 Å². The van der Waals surface area contributed by atoms with Crippen molar-refractivity contribution in [2.75, 3.05) is 11.5 Å². The first-order valence-electron chi connectivity index (χ1n) is 9.41. The lowest BCUT2D eigenvalue weighted by atomic mass is 10.1. The molecule has 1 atom stereocenters. The van der Waals surface area contributed by atoms with Crippen molar-refractivity contribution in [1.29, 1.82) is 0 Å². The number of anilines is 1. The third kappa shape index (κ3) is 4.76. The highest BCUT2D eigenvalue weighted by molar-refractivity contribution is 7.92. The van der Waals surface area contributed by atoms with E-state index in [1.807, 2.05) is 13.0 Å². The largest absolute Gasteiger partial charge is 0.454 e. The molecule has 0 aliphatic carbocycles. The lowest BCUT2D eigenvalue weighted by molar-refractivity contribution is 0.0939. The number of carbonyl (C=O) groups is 1. The normalized spacial score (nSPS) is 13.5. The van der Waals surface area contributed by atoms with Crippen LogP contribution in [0.15, 0.2) is 71.6 Å². The first-order valence-corrected chi connectivity index (χ1v) is 11.3. The van der Waals surface area contributed by atoms with Gasteiger partial charge in [-0.15, -0.1) is 0 Å². The van der Waals surface area contributed by atoms with E-state index in [-0.39, 0.29) is 23.3 Å². The molecule has 1 aliphatic rings. The molecule has 3 aromatic rings. The predicted molar refractivity (Wildman–Crippen MR) is 117 cm³/mol. The average molecular weight is 459 g/mol. The molecule has 0 saturated heterocycles. The van der Waals surface area contributed by atoms with Crippen LogP contribution in [0.2, 0.25) is 5.02 Å². The molecule has 9 heteroatoms. The van der Waals surface area contributed by atoms with Gasteiger partial charge in [0.15, 0.2) is 11.5 Å². The number of sulfonamides is 1. The molecule has 0 spiro atoms. The topological polar surface area (TPSA) is 93.7 Å². The Morgan fingerprint density at radius 1 is 1.00 bits per heavy atom. The summed E-state index contributed by atoms with van der Waals surface area (Å²) in [6.07, 6.45) is 0. The third-order valence-electron chi connectivity index (χ3n) is 4.73. The Hall–Kier alpha value is -3.23. The Balaban J connectivity index is 1.51. The van der Waals surface area contributed by atoms with Crippen LogP contribution in [0, 0.1) is 0 Å². The van der Waals surface area contributed by atoms with Crippen LogP contribution in [0.25, 0.3) is 0 Å². The monoisotopic (exact) mass is 458 g/mol. The molecule has 1 aliphatic heterocycles. The summed E-state index contributed by atoms with van der Waals surface area (Å²) >= 11 is 6.01. The van der Waals surface area contributed by atoms with Gasteiger partial charge in [0.25, 0.3) is 15.9 Å². The van der Waals surface area contributed by atoms with Crippen molar-refractivity contribution in [3.05, 3.63) is 82.9 Å². The summed E-state index contributed by atoms with van der Waals surface area (Å²) in [5, 5.41) is 3.42. The van der Waals surface area contributed by atoms with Crippen molar-refractivity contribution in [3.63, 3.8) is 0 Å². The SMILES string of the molecule is C[C@@H](NC(=O)c1cccc(S(=O)(=O)Nc2ccc3c(c2)OCO3)c1)c1cccc(Cl)c1. The van der Waals surface area contributed by atoms with Gasteiger partial charge in [-0.25, -0.2) is 8.42 Å². The van der Waals surface area contributed by atoms with Crippen molar-refractivity contribution in [1.82, 2.24) is 5.32 Å².